The van der Waals surface area contributed by atoms with Crippen LogP contribution in [-0.4, -0.2) is 23.3 Å². The van der Waals surface area contributed by atoms with Gasteiger partial charge in [-0.15, -0.1) is 11.3 Å². The monoisotopic (exact) mass is 483 g/mol. The van der Waals surface area contributed by atoms with Crippen LogP contribution in [-0.2, 0) is 4.79 Å². The molecule has 0 aliphatic rings. The minimum Gasteiger partial charge on any atom is -0.352 e. The van der Waals surface area contributed by atoms with Gasteiger partial charge in [-0.3, -0.25) is 9.59 Å². The van der Waals surface area contributed by atoms with Crippen LogP contribution in [0.25, 0.3) is 21.8 Å². The predicted octanol–water partition coefficient (Wildman–Crippen LogP) is 6.71. The number of hydrogen-bond donors (Lipinski definition) is 2. The first-order chi connectivity index (χ1) is 17.1. The van der Waals surface area contributed by atoms with E-state index in [1.165, 1.54) is 5.56 Å². The standard InChI is InChI=1S/C29H29N3O2S/c1-21-10-7-8-13-25(21)29-32-26(20-35-29)22-15-17-24(18-16-22)31-27(33)14-6-3-9-19-30-28(34)23-11-4-2-5-12-23/h2,4-5,7-8,10-13,15-18,20H,3,6,9,14,19H2,1H3,(H,30,34)(H,31,33). The van der Waals surface area contributed by atoms with Crippen molar-refractivity contribution in [2.45, 2.75) is 32.6 Å². The molecule has 1 aromatic heterocycles. The van der Waals surface area contributed by atoms with Crippen LogP contribution in [0.15, 0.2) is 84.2 Å². The second-order valence-electron chi connectivity index (χ2n) is 8.41. The van der Waals surface area contributed by atoms with E-state index in [4.69, 9.17) is 4.98 Å². The van der Waals surface area contributed by atoms with Crippen LogP contribution in [0, 0.1) is 6.92 Å². The van der Waals surface area contributed by atoms with E-state index in [1.807, 2.05) is 54.6 Å². The molecule has 0 radical (unpaired) electrons. The second-order valence-corrected chi connectivity index (χ2v) is 9.27. The maximum atomic E-state index is 12.3. The number of carbonyl (C=O) groups excluding carboxylic acids is 2. The van der Waals surface area contributed by atoms with Crippen molar-refractivity contribution >= 4 is 28.8 Å². The lowest BCUT2D eigenvalue weighted by Gasteiger charge is -2.07. The van der Waals surface area contributed by atoms with Crippen molar-refractivity contribution in [2.75, 3.05) is 11.9 Å². The lowest BCUT2D eigenvalue weighted by molar-refractivity contribution is -0.116. The summed E-state index contributed by atoms with van der Waals surface area (Å²) in [5.74, 6) is -0.0580. The molecule has 1 heterocycles. The maximum absolute atomic E-state index is 12.3. The van der Waals surface area contributed by atoms with Crippen LogP contribution < -0.4 is 10.6 Å². The van der Waals surface area contributed by atoms with Crippen LogP contribution in [0.3, 0.4) is 0 Å². The quantitative estimate of drug-likeness (QED) is 0.246. The Morgan fingerprint density at radius 1 is 0.857 bits per heavy atom. The highest BCUT2D eigenvalue weighted by Gasteiger charge is 2.09. The average molecular weight is 484 g/mol. The van der Waals surface area contributed by atoms with Crippen LogP contribution in [0.1, 0.15) is 41.6 Å². The fraction of sp³-hybridized carbons (Fsp3) is 0.207. The molecule has 0 saturated carbocycles. The zero-order valence-electron chi connectivity index (χ0n) is 19.8. The first kappa shape index (κ1) is 24.4. The van der Waals surface area contributed by atoms with Crippen LogP contribution >= 0.6 is 11.3 Å². The number of unbranched alkanes of at least 4 members (excludes halogenated alkanes) is 2. The number of aromatic nitrogens is 1. The summed E-state index contributed by atoms with van der Waals surface area (Å²) in [7, 11) is 0. The van der Waals surface area contributed by atoms with Crippen molar-refractivity contribution in [1.82, 2.24) is 10.3 Å². The van der Waals surface area contributed by atoms with Crippen molar-refractivity contribution in [3.63, 3.8) is 0 Å². The molecule has 5 nitrogen and oxygen atoms in total. The van der Waals surface area contributed by atoms with Gasteiger partial charge in [0, 0.05) is 40.7 Å². The molecule has 6 heteroatoms. The molecular formula is C29H29N3O2S. The summed E-state index contributed by atoms with van der Waals surface area (Å²) >= 11 is 1.64. The van der Waals surface area contributed by atoms with Gasteiger partial charge in [0.05, 0.1) is 5.69 Å². The maximum Gasteiger partial charge on any atom is 0.251 e. The summed E-state index contributed by atoms with van der Waals surface area (Å²) < 4.78 is 0. The fourth-order valence-corrected chi connectivity index (χ4v) is 4.69. The molecule has 35 heavy (non-hydrogen) atoms. The predicted molar refractivity (Wildman–Crippen MR) is 144 cm³/mol. The summed E-state index contributed by atoms with van der Waals surface area (Å²) in [6, 6.07) is 25.2. The summed E-state index contributed by atoms with van der Waals surface area (Å²) in [4.78, 5) is 29.1. The van der Waals surface area contributed by atoms with E-state index < -0.39 is 0 Å². The van der Waals surface area contributed by atoms with Gasteiger partial charge in [0.2, 0.25) is 5.91 Å². The summed E-state index contributed by atoms with van der Waals surface area (Å²) in [6.45, 7) is 2.71. The summed E-state index contributed by atoms with van der Waals surface area (Å²) in [5.41, 5.74) is 5.78. The highest BCUT2D eigenvalue weighted by molar-refractivity contribution is 7.13. The SMILES string of the molecule is Cc1ccccc1-c1nc(-c2ccc(NC(=O)CCCCCNC(=O)c3ccccc3)cc2)cs1. The number of amides is 2. The smallest absolute Gasteiger partial charge is 0.251 e. The molecule has 0 spiro atoms. The Labute approximate surface area is 210 Å². The molecule has 2 N–H and O–H groups in total. The minimum absolute atomic E-state index is 0.00145. The number of nitrogens with one attached hydrogen (secondary N) is 2. The Balaban J connectivity index is 1.18. The van der Waals surface area contributed by atoms with Gasteiger partial charge < -0.3 is 10.6 Å². The van der Waals surface area contributed by atoms with Gasteiger partial charge in [0.15, 0.2) is 0 Å². The number of benzene rings is 3. The average Bonchev–Trinajstić information content (AvgIpc) is 3.37. The third-order valence-electron chi connectivity index (χ3n) is 5.75. The number of hydrogen-bond acceptors (Lipinski definition) is 4. The zero-order valence-corrected chi connectivity index (χ0v) is 20.6. The molecule has 0 aliphatic carbocycles. The Morgan fingerprint density at radius 3 is 2.37 bits per heavy atom. The highest BCUT2D eigenvalue weighted by atomic mass is 32.1. The largest absolute Gasteiger partial charge is 0.352 e. The van der Waals surface area contributed by atoms with E-state index in [1.54, 1.807) is 23.5 Å². The Hall–Kier alpha value is -3.77. The van der Waals surface area contributed by atoms with Gasteiger partial charge in [0.1, 0.15) is 5.01 Å². The fourth-order valence-electron chi connectivity index (χ4n) is 3.77. The van der Waals surface area contributed by atoms with E-state index in [2.05, 4.69) is 35.1 Å². The van der Waals surface area contributed by atoms with E-state index in [0.717, 1.165) is 46.8 Å². The summed E-state index contributed by atoms with van der Waals surface area (Å²) in [5, 5.41) is 8.95. The van der Waals surface area contributed by atoms with Crippen LogP contribution in [0.4, 0.5) is 5.69 Å². The molecule has 2 amide bonds. The normalized spacial score (nSPS) is 10.7. The Morgan fingerprint density at radius 2 is 1.60 bits per heavy atom. The molecule has 3 aromatic carbocycles. The van der Waals surface area contributed by atoms with Gasteiger partial charge in [0.25, 0.3) is 5.91 Å². The van der Waals surface area contributed by atoms with Gasteiger partial charge in [-0.05, 0) is 49.6 Å². The van der Waals surface area contributed by atoms with Gasteiger partial charge in [-0.2, -0.15) is 0 Å². The molecule has 178 valence electrons. The molecule has 0 unspecified atom stereocenters. The minimum atomic E-state index is -0.0594. The molecule has 0 atom stereocenters. The Bertz CT molecular complexity index is 1270. The second kappa shape index (κ2) is 12.1. The lowest BCUT2D eigenvalue weighted by Crippen LogP contribution is -2.24. The molecule has 4 aromatic rings. The molecule has 0 saturated heterocycles. The number of nitrogens with zero attached hydrogens (tertiary/aromatic N) is 1. The zero-order chi connectivity index (χ0) is 24.5. The van der Waals surface area contributed by atoms with Gasteiger partial charge >= 0.3 is 0 Å². The van der Waals surface area contributed by atoms with E-state index in [9.17, 15) is 9.59 Å². The lowest BCUT2D eigenvalue weighted by atomic mass is 10.1. The number of thiazole rings is 1. The highest BCUT2D eigenvalue weighted by Crippen LogP contribution is 2.31. The number of anilines is 1. The molecule has 0 aliphatic heterocycles. The number of aryl methyl sites for hydroxylation is 1. The van der Waals surface area contributed by atoms with Crippen molar-refractivity contribution in [3.8, 4) is 21.8 Å². The molecular weight excluding hydrogens is 454 g/mol. The van der Waals surface area contributed by atoms with Gasteiger partial charge in [-0.1, -0.05) is 61.0 Å². The molecule has 0 bridgehead atoms. The van der Waals surface area contributed by atoms with E-state index >= 15 is 0 Å². The first-order valence-electron chi connectivity index (χ1n) is 11.9. The van der Waals surface area contributed by atoms with E-state index in [0.29, 0.717) is 18.5 Å². The van der Waals surface area contributed by atoms with Gasteiger partial charge in [-0.25, -0.2) is 4.98 Å². The molecule has 0 fully saturated rings. The summed E-state index contributed by atoms with van der Waals surface area (Å²) in [6.07, 6.45) is 2.97. The van der Waals surface area contributed by atoms with Crippen LogP contribution in [0.2, 0.25) is 0 Å². The number of carbonyl (C=O) groups is 2. The number of rotatable bonds is 10. The topological polar surface area (TPSA) is 71.1 Å². The first-order valence-corrected chi connectivity index (χ1v) is 12.7. The van der Waals surface area contributed by atoms with Crippen molar-refractivity contribution in [3.05, 3.63) is 95.4 Å². The van der Waals surface area contributed by atoms with E-state index in [-0.39, 0.29) is 11.8 Å². The molecule has 4 rings (SSSR count). The van der Waals surface area contributed by atoms with Crippen molar-refractivity contribution < 1.29 is 9.59 Å². The third kappa shape index (κ3) is 6.87. The van der Waals surface area contributed by atoms with Crippen molar-refractivity contribution in [1.29, 1.82) is 0 Å². The van der Waals surface area contributed by atoms with Crippen LogP contribution in [0.5, 0.6) is 0 Å². The van der Waals surface area contributed by atoms with Crippen molar-refractivity contribution in [2.24, 2.45) is 0 Å². The Kier molecular flexibility index (Phi) is 8.41. The third-order valence-corrected chi connectivity index (χ3v) is 6.62.